The summed E-state index contributed by atoms with van der Waals surface area (Å²) in [5, 5.41) is 8.57. The zero-order valence-corrected chi connectivity index (χ0v) is 6.56. The molecule has 0 aromatic carbocycles. The summed E-state index contributed by atoms with van der Waals surface area (Å²) in [7, 11) is 0. The van der Waals surface area contributed by atoms with Crippen LogP contribution in [-0.4, -0.2) is 34.3 Å². The summed E-state index contributed by atoms with van der Waals surface area (Å²) in [4.78, 5) is 17.7. The Morgan fingerprint density at radius 2 is 2.23 bits per heavy atom. The van der Waals surface area contributed by atoms with E-state index in [1.807, 2.05) is 0 Å². The lowest BCUT2D eigenvalue weighted by Crippen LogP contribution is -2.18. The van der Waals surface area contributed by atoms with Crippen LogP contribution in [0.15, 0.2) is 6.20 Å². The maximum Gasteiger partial charge on any atom is 0.374 e. The number of carboxylic acid groups (broad SMARTS) is 1. The van der Waals surface area contributed by atoms with Crippen LogP contribution in [0.2, 0.25) is 0 Å². The monoisotopic (exact) mass is 182 g/mol. The zero-order chi connectivity index (χ0) is 9.26. The van der Waals surface area contributed by atoms with Crippen molar-refractivity contribution in [1.82, 2.24) is 9.97 Å². The van der Waals surface area contributed by atoms with Gasteiger partial charge in [0.15, 0.2) is 5.75 Å². The van der Waals surface area contributed by atoms with E-state index in [1.54, 1.807) is 0 Å². The maximum absolute atomic E-state index is 10.5. The van der Waals surface area contributed by atoms with Gasteiger partial charge in [-0.1, -0.05) is 0 Å². The molecule has 2 rings (SSSR count). The minimum Gasteiger partial charge on any atom is -0.483 e. The van der Waals surface area contributed by atoms with Crippen molar-refractivity contribution in [2.24, 2.45) is 0 Å². The van der Waals surface area contributed by atoms with Gasteiger partial charge in [0.25, 0.3) is 5.88 Å². The van der Waals surface area contributed by atoms with E-state index in [4.69, 9.17) is 14.6 Å². The lowest BCUT2D eigenvalue weighted by atomic mass is 10.5. The van der Waals surface area contributed by atoms with Crippen molar-refractivity contribution in [2.75, 3.05) is 13.2 Å². The summed E-state index contributed by atoms with van der Waals surface area (Å²) in [5.74, 6) is -0.892. The van der Waals surface area contributed by atoms with E-state index in [1.165, 1.54) is 6.20 Å². The molecule has 1 aliphatic rings. The summed E-state index contributed by atoms with van der Waals surface area (Å²) in [6, 6.07) is 0. The molecule has 1 N–H and O–H groups in total. The van der Waals surface area contributed by atoms with Crippen molar-refractivity contribution in [2.45, 2.75) is 0 Å². The fraction of sp³-hybridized carbons (Fsp3) is 0.286. The molecule has 0 saturated carbocycles. The molecule has 0 atom stereocenters. The number of fused-ring (bicyclic) bond motifs is 1. The SMILES string of the molecule is O=C(O)c1ncc2c(n1)OCCO2. The Bertz CT molecular complexity index is 352. The van der Waals surface area contributed by atoms with Gasteiger partial charge in [-0.2, -0.15) is 4.98 Å². The molecule has 2 heterocycles. The third-order valence-electron chi connectivity index (χ3n) is 1.49. The Morgan fingerprint density at radius 1 is 1.46 bits per heavy atom. The molecule has 0 spiro atoms. The minimum atomic E-state index is -1.18. The van der Waals surface area contributed by atoms with Gasteiger partial charge in [-0.3, -0.25) is 0 Å². The van der Waals surface area contributed by atoms with Crippen molar-refractivity contribution in [3.63, 3.8) is 0 Å². The van der Waals surface area contributed by atoms with E-state index < -0.39 is 5.97 Å². The molecule has 13 heavy (non-hydrogen) atoms. The second kappa shape index (κ2) is 2.89. The number of hydrogen-bond donors (Lipinski definition) is 1. The number of carbonyl (C=O) groups is 1. The summed E-state index contributed by atoms with van der Waals surface area (Å²) in [6.07, 6.45) is 1.30. The molecule has 0 aliphatic carbocycles. The van der Waals surface area contributed by atoms with Gasteiger partial charge < -0.3 is 14.6 Å². The van der Waals surface area contributed by atoms with Crippen LogP contribution in [0.3, 0.4) is 0 Å². The Hall–Kier alpha value is -1.85. The third kappa shape index (κ3) is 1.37. The van der Waals surface area contributed by atoms with Gasteiger partial charge in [0.2, 0.25) is 5.82 Å². The fourth-order valence-corrected chi connectivity index (χ4v) is 0.951. The van der Waals surface area contributed by atoms with Gasteiger partial charge in [0.1, 0.15) is 13.2 Å². The molecule has 0 saturated heterocycles. The summed E-state index contributed by atoms with van der Waals surface area (Å²) < 4.78 is 10.2. The number of aromatic nitrogens is 2. The predicted molar refractivity (Wildman–Crippen MR) is 40.0 cm³/mol. The molecular weight excluding hydrogens is 176 g/mol. The van der Waals surface area contributed by atoms with E-state index in [2.05, 4.69) is 9.97 Å². The summed E-state index contributed by atoms with van der Waals surface area (Å²) in [6.45, 7) is 0.811. The molecular formula is C7H6N2O4. The van der Waals surface area contributed by atoms with Crippen molar-refractivity contribution >= 4 is 5.97 Å². The highest BCUT2D eigenvalue weighted by atomic mass is 16.6. The molecule has 1 aromatic heterocycles. The number of rotatable bonds is 1. The highest BCUT2D eigenvalue weighted by molar-refractivity contribution is 5.83. The Labute approximate surface area is 73.1 Å². The maximum atomic E-state index is 10.5. The topological polar surface area (TPSA) is 81.5 Å². The second-order valence-electron chi connectivity index (χ2n) is 2.37. The van der Waals surface area contributed by atoms with Crippen LogP contribution in [-0.2, 0) is 0 Å². The number of ether oxygens (including phenoxy) is 2. The number of nitrogens with zero attached hydrogens (tertiary/aromatic N) is 2. The van der Waals surface area contributed by atoms with Crippen molar-refractivity contribution in [3.05, 3.63) is 12.0 Å². The molecule has 0 radical (unpaired) electrons. The lowest BCUT2D eigenvalue weighted by molar-refractivity contribution is 0.0679. The van der Waals surface area contributed by atoms with Gasteiger partial charge >= 0.3 is 5.97 Å². The van der Waals surface area contributed by atoms with E-state index in [0.29, 0.717) is 19.0 Å². The van der Waals surface area contributed by atoms with Crippen LogP contribution in [0.5, 0.6) is 11.6 Å². The Kier molecular flexibility index (Phi) is 1.73. The van der Waals surface area contributed by atoms with Crippen molar-refractivity contribution in [1.29, 1.82) is 0 Å². The molecule has 6 heteroatoms. The number of aromatic carboxylic acids is 1. The first-order valence-electron chi connectivity index (χ1n) is 3.63. The average molecular weight is 182 g/mol. The minimum absolute atomic E-state index is 0.193. The standard InChI is InChI=1S/C7H6N2O4/c10-7(11)5-8-3-4-6(9-5)13-2-1-12-4/h3H,1-2H2,(H,10,11). The molecule has 0 unspecified atom stereocenters. The Morgan fingerprint density at radius 3 is 3.00 bits per heavy atom. The van der Waals surface area contributed by atoms with E-state index in [0.717, 1.165) is 0 Å². The largest absolute Gasteiger partial charge is 0.483 e. The van der Waals surface area contributed by atoms with Gasteiger partial charge in [-0.25, -0.2) is 9.78 Å². The average Bonchev–Trinajstić information content (AvgIpc) is 2.17. The first kappa shape index (κ1) is 7.78. The first-order valence-corrected chi connectivity index (χ1v) is 3.63. The highest BCUT2D eigenvalue weighted by Crippen LogP contribution is 2.25. The molecule has 1 aromatic rings. The molecule has 68 valence electrons. The second-order valence-corrected chi connectivity index (χ2v) is 2.37. The normalized spacial score (nSPS) is 13.8. The lowest BCUT2D eigenvalue weighted by Gasteiger charge is -2.16. The van der Waals surface area contributed by atoms with Gasteiger partial charge in [0, 0.05) is 0 Å². The van der Waals surface area contributed by atoms with Gasteiger partial charge in [-0.15, -0.1) is 0 Å². The van der Waals surface area contributed by atoms with Crippen LogP contribution >= 0.6 is 0 Å². The van der Waals surface area contributed by atoms with E-state index >= 15 is 0 Å². The third-order valence-corrected chi connectivity index (χ3v) is 1.49. The molecule has 0 fully saturated rings. The fourth-order valence-electron chi connectivity index (χ4n) is 0.951. The number of hydrogen-bond acceptors (Lipinski definition) is 5. The van der Waals surface area contributed by atoms with Gasteiger partial charge in [-0.05, 0) is 0 Å². The first-order chi connectivity index (χ1) is 6.27. The smallest absolute Gasteiger partial charge is 0.374 e. The van der Waals surface area contributed by atoms with Crippen LogP contribution in [0.25, 0.3) is 0 Å². The zero-order valence-electron chi connectivity index (χ0n) is 6.56. The molecule has 6 nitrogen and oxygen atoms in total. The van der Waals surface area contributed by atoms with Crippen LogP contribution in [0.1, 0.15) is 10.6 Å². The highest BCUT2D eigenvalue weighted by Gasteiger charge is 2.16. The van der Waals surface area contributed by atoms with Crippen LogP contribution in [0, 0.1) is 0 Å². The van der Waals surface area contributed by atoms with Crippen LogP contribution < -0.4 is 9.47 Å². The summed E-state index contributed by atoms with van der Waals surface area (Å²) >= 11 is 0. The molecule has 0 bridgehead atoms. The van der Waals surface area contributed by atoms with Gasteiger partial charge in [0.05, 0.1) is 6.20 Å². The van der Waals surface area contributed by atoms with Crippen molar-refractivity contribution in [3.8, 4) is 11.6 Å². The van der Waals surface area contributed by atoms with Crippen LogP contribution in [0.4, 0.5) is 0 Å². The Balaban J connectivity index is 2.40. The van der Waals surface area contributed by atoms with E-state index in [9.17, 15) is 4.79 Å². The van der Waals surface area contributed by atoms with E-state index in [-0.39, 0.29) is 11.7 Å². The molecule has 0 amide bonds. The van der Waals surface area contributed by atoms with Crippen molar-refractivity contribution < 1.29 is 19.4 Å². The number of carboxylic acids is 1. The quantitative estimate of drug-likeness (QED) is 0.655. The molecule has 1 aliphatic heterocycles. The predicted octanol–water partition coefficient (Wildman–Crippen LogP) is -0.0540. The summed E-state index contributed by atoms with van der Waals surface area (Å²) in [5.41, 5.74) is 0.